The van der Waals surface area contributed by atoms with Crippen LogP contribution in [0.3, 0.4) is 0 Å². The van der Waals surface area contributed by atoms with E-state index in [1.54, 1.807) is 0 Å². The van der Waals surface area contributed by atoms with Crippen LogP contribution in [0.15, 0.2) is 54.6 Å². The molecule has 0 heterocycles. The summed E-state index contributed by atoms with van der Waals surface area (Å²) in [6, 6.07) is 18.9. The van der Waals surface area contributed by atoms with Gasteiger partial charge in [0.05, 0.1) is 0 Å². The van der Waals surface area contributed by atoms with Gasteiger partial charge in [-0.3, -0.25) is 0 Å². The fourth-order valence-corrected chi connectivity index (χ4v) is 1.93. The van der Waals surface area contributed by atoms with Gasteiger partial charge in [0.2, 0.25) is 0 Å². The van der Waals surface area contributed by atoms with E-state index in [0.717, 1.165) is 12.2 Å². The molecule has 0 fully saturated rings. The lowest BCUT2D eigenvalue weighted by atomic mass is 10.2. The summed E-state index contributed by atoms with van der Waals surface area (Å²) < 4.78 is 0. The molecule has 0 bridgehead atoms. The van der Waals surface area contributed by atoms with Crippen molar-refractivity contribution in [3.63, 3.8) is 0 Å². The predicted octanol–water partition coefficient (Wildman–Crippen LogP) is 3.89. The molecule has 17 heavy (non-hydrogen) atoms. The number of hydrogen-bond donors (Lipinski definition) is 1. The van der Waals surface area contributed by atoms with Gasteiger partial charge in [-0.2, -0.15) is 0 Å². The third-order valence-electron chi connectivity index (χ3n) is 2.85. The number of nitrogens with one attached hydrogen (secondary N) is 1. The first kappa shape index (κ1) is 11.5. The fraction of sp³-hybridized carbons (Fsp3) is 0.200. The maximum absolute atomic E-state index is 3.13. The minimum Gasteiger partial charge on any atom is -0.388 e. The predicted molar refractivity (Wildman–Crippen MR) is 75.1 cm³/mol. The van der Waals surface area contributed by atoms with E-state index < -0.39 is 0 Å². The van der Waals surface area contributed by atoms with Gasteiger partial charge in [0.25, 0.3) is 0 Å². The third kappa shape index (κ3) is 2.59. The van der Waals surface area contributed by atoms with Gasteiger partial charge in [-0.05, 0) is 43.3 Å². The number of nitrogens with zero attached hydrogens (tertiary/aromatic N) is 1. The summed E-state index contributed by atoms with van der Waals surface area (Å²) in [5.41, 5.74) is 3.59. The Labute approximate surface area is 103 Å². The zero-order chi connectivity index (χ0) is 12.1. The van der Waals surface area contributed by atoms with Crippen LogP contribution in [-0.2, 0) is 0 Å². The molecule has 0 aliphatic heterocycles. The molecular formula is C15H18N2. The van der Waals surface area contributed by atoms with Crippen molar-refractivity contribution in [2.24, 2.45) is 0 Å². The van der Waals surface area contributed by atoms with E-state index >= 15 is 0 Å². The molecule has 0 aromatic heterocycles. The zero-order valence-corrected chi connectivity index (χ0v) is 10.4. The minimum absolute atomic E-state index is 0.961. The van der Waals surface area contributed by atoms with Gasteiger partial charge in [0.15, 0.2) is 0 Å². The summed E-state index contributed by atoms with van der Waals surface area (Å²) in [4.78, 5) is 2.29. The molecule has 0 saturated carbocycles. The molecular weight excluding hydrogens is 208 g/mol. The minimum atomic E-state index is 0.961. The molecule has 0 unspecified atom stereocenters. The Bertz CT molecular complexity index is 448. The first-order valence-electron chi connectivity index (χ1n) is 5.95. The summed E-state index contributed by atoms with van der Waals surface area (Å²) in [5.74, 6) is 0. The van der Waals surface area contributed by atoms with Crippen molar-refractivity contribution >= 4 is 17.1 Å². The van der Waals surface area contributed by atoms with E-state index in [1.807, 2.05) is 13.1 Å². The number of benzene rings is 2. The molecule has 0 amide bonds. The van der Waals surface area contributed by atoms with Crippen LogP contribution in [0.5, 0.6) is 0 Å². The second kappa shape index (κ2) is 5.39. The summed E-state index contributed by atoms with van der Waals surface area (Å²) in [7, 11) is 1.93. The van der Waals surface area contributed by atoms with Crippen molar-refractivity contribution in [3.05, 3.63) is 54.6 Å². The van der Waals surface area contributed by atoms with Gasteiger partial charge in [0.1, 0.15) is 0 Å². The summed E-state index contributed by atoms with van der Waals surface area (Å²) in [6.45, 7) is 3.13. The molecule has 2 heteroatoms. The maximum atomic E-state index is 3.13. The summed E-state index contributed by atoms with van der Waals surface area (Å²) >= 11 is 0. The largest absolute Gasteiger partial charge is 0.388 e. The molecule has 0 spiro atoms. The van der Waals surface area contributed by atoms with Gasteiger partial charge in [-0.15, -0.1) is 0 Å². The number of para-hydroxylation sites is 1. The third-order valence-corrected chi connectivity index (χ3v) is 2.85. The van der Waals surface area contributed by atoms with Crippen LogP contribution in [-0.4, -0.2) is 13.6 Å². The Hall–Kier alpha value is -1.96. The lowest BCUT2D eigenvalue weighted by Gasteiger charge is -2.23. The Balaban J connectivity index is 2.29. The van der Waals surface area contributed by atoms with E-state index in [4.69, 9.17) is 0 Å². The molecule has 88 valence electrons. The highest BCUT2D eigenvalue weighted by Gasteiger charge is 2.05. The van der Waals surface area contributed by atoms with Gasteiger partial charge in [-0.25, -0.2) is 0 Å². The van der Waals surface area contributed by atoms with E-state index in [0.29, 0.717) is 0 Å². The van der Waals surface area contributed by atoms with Crippen molar-refractivity contribution in [2.45, 2.75) is 6.92 Å². The Kier molecular flexibility index (Phi) is 3.66. The Morgan fingerprint density at radius 3 is 2.00 bits per heavy atom. The van der Waals surface area contributed by atoms with Gasteiger partial charge < -0.3 is 10.2 Å². The van der Waals surface area contributed by atoms with Crippen LogP contribution in [0.1, 0.15) is 6.92 Å². The smallest absolute Gasteiger partial charge is 0.0412 e. The van der Waals surface area contributed by atoms with E-state index in [9.17, 15) is 0 Å². The SMILES string of the molecule is CCN(c1ccccc1)c1ccc(NC)cc1. The fourth-order valence-electron chi connectivity index (χ4n) is 1.93. The van der Waals surface area contributed by atoms with Crippen molar-refractivity contribution in [1.29, 1.82) is 0 Å². The van der Waals surface area contributed by atoms with Crippen LogP contribution in [0.25, 0.3) is 0 Å². The standard InChI is InChI=1S/C15H18N2/c1-3-17(14-7-5-4-6-8-14)15-11-9-13(16-2)10-12-15/h4-12,16H,3H2,1-2H3. The zero-order valence-electron chi connectivity index (χ0n) is 10.4. The van der Waals surface area contributed by atoms with E-state index in [-0.39, 0.29) is 0 Å². The van der Waals surface area contributed by atoms with Gasteiger partial charge in [-0.1, -0.05) is 18.2 Å². The number of anilines is 3. The molecule has 2 rings (SSSR count). The van der Waals surface area contributed by atoms with Gasteiger partial charge in [0, 0.05) is 30.7 Å². The van der Waals surface area contributed by atoms with Crippen molar-refractivity contribution in [2.75, 3.05) is 23.8 Å². The van der Waals surface area contributed by atoms with E-state index in [2.05, 4.69) is 65.7 Å². The molecule has 0 aliphatic carbocycles. The molecule has 2 nitrogen and oxygen atoms in total. The quantitative estimate of drug-likeness (QED) is 0.851. The Morgan fingerprint density at radius 1 is 0.882 bits per heavy atom. The normalized spacial score (nSPS) is 10.0. The van der Waals surface area contributed by atoms with Crippen LogP contribution in [0.2, 0.25) is 0 Å². The first-order valence-corrected chi connectivity index (χ1v) is 5.95. The average molecular weight is 226 g/mol. The highest BCUT2D eigenvalue weighted by molar-refractivity contribution is 5.65. The lowest BCUT2D eigenvalue weighted by Crippen LogP contribution is -2.15. The van der Waals surface area contributed by atoms with Crippen molar-refractivity contribution < 1.29 is 0 Å². The van der Waals surface area contributed by atoms with Crippen LogP contribution in [0, 0.1) is 0 Å². The van der Waals surface area contributed by atoms with Crippen LogP contribution >= 0.6 is 0 Å². The molecule has 0 radical (unpaired) electrons. The molecule has 1 N–H and O–H groups in total. The summed E-state index contributed by atoms with van der Waals surface area (Å²) in [5, 5.41) is 3.13. The second-order valence-electron chi connectivity index (χ2n) is 3.88. The number of rotatable bonds is 4. The highest BCUT2D eigenvalue weighted by atomic mass is 15.1. The Morgan fingerprint density at radius 2 is 1.47 bits per heavy atom. The van der Waals surface area contributed by atoms with Gasteiger partial charge >= 0.3 is 0 Å². The maximum Gasteiger partial charge on any atom is 0.0412 e. The molecule has 0 atom stereocenters. The monoisotopic (exact) mass is 226 g/mol. The number of hydrogen-bond acceptors (Lipinski definition) is 2. The first-order chi connectivity index (χ1) is 8.35. The average Bonchev–Trinajstić information content (AvgIpc) is 2.42. The molecule has 0 saturated heterocycles. The van der Waals surface area contributed by atoms with Crippen LogP contribution in [0.4, 0.5) is 17.1 Å². The topological polar surface area (TPSA) is 15.3 Å². The second-order valence-corrected chi connectivity index (χ2v) is 3.88. The van der Waals surface area contributed by atoms with Crippen molar-refractivity contribution in [1.82, 2.24) is 0 Å². The van der Waals surface area contributed by atoms with Crippen LogP contribution < -0.4 is 10.2 Å². The highest BCUT2D eigenvalue weighted by Crippen LogP contribution is 2.25. The lowest BCUT2D eigenvalue weighted by molar-refractivity contribution is 1.02. The van der Waals surface area contributed by atoms with E-state index in [1.165, 1.54) is 11.4 Å². The molecule has 0 aliphatic rings. The van der Waals surface area contributed by atoms with Crippen molar-refractivity contribution in [3.8, 4) is 0 Å². The summed E-state index contributed by atoms with van der Waals surface area (Å²) in [6.07, 6.45) is 0. The molecule has 2 aromatic rings. The molecule has 2 aromatic carbocycles.